The van der Waals surface area contributed by atoms with E-state index in [1.54, 1.807) is 24.2 Å². The zero-order chi connectivity index (χ0) is 15.5. The molecule has 0 spiro atoms. The molecule has 0 aliphatic carbocycles. The second-order valence-electron chi connectivity index (χ2n) is 5.39. The van der Waals surface area contributed by atoms with E-state index in [2.05, 4.69) is 0 Å². The Morgan fingerprint density at radius 1 is 1.27 bits per heavy atom. The fraction of sp³-hybridized carbons (Fsp3) is 0.294. The maximum atomic E-state index is 12.9. The van der Waals surface area contributed by atoms with Crippen molar-refractivity contribution in [1.29, 1.82) is 0 Å². The van der Waals surface area contributed by atoms with Crippen molar-refractivity contribution in [2.24, 2.45) is 7.05 Å². The zero-order valence-electron chi connectivity index (χ0n) is 12.4. The van der Waals surface area contributed by atoms with Gasteiger partial charge in [0.25, 0.3) is 11.5 Å². The molecule has 5 nitrogen and oxygen atoms in total. The summed E-state index contributed by atoms with van der Waals surface area (Å²) < 4.78 is 6.88. The van der Waals surface area contributed by atoms with Gasteiger partial charge in [-0.1, -0.05) is 18.2 Å². The van der Waals surface area contributed by atoms with Crippen molar-refractivity contribution in [3.05, 3.63) is 64.6 Å². The Hall–Kier alpha value is -2.40. The molecule has 0 saturated carbocycles. The first-order valence-electron chi connectivity index (χ1n) is 7.30. The van der Waals surface area contributed by atoms with E-state index in [9.17, 15) is 9.59 Å². The van der Waals surface area contributed by atoms with Crippen LogP contribution < -0.4 is 10.5 Å². The van der Waals surface area contributed by atoms with Gasteiger partial charge in [0.15, 0.2) is 0 Å². The van der Waals surface area contributed by atoms with E-state index in [4.69, 9.17) is 4.74 Å². The first-order chi connectivity index (χ1) is 10.7. The van der Waals surface area contributed by atoms with Gasteiger partial charge in [0.05, 0.1) is 12.6 Å². The van der Waals surface area contributed by atoms with Crippen LogP contribution in [0.25, 0.3) is 0 Å². The van der Waals surface area contributed by atoms with Gasteiger partial charge in [-0.25, -0.2) is 0 Å². The van der Waals surface area contributed by atoms with Crippen LogP contribution in [0.2, 0.25) is 0 Å². The van der Waals surface area contributed by atoms with Gasteiger partial charge in [-0.05, 0) is 24.6 Å². The Labute approximate surface area is 128 Å². The highest BCUT2D eigenvalue weighted by Gasteiger charge is 2.29. The molecule has 1 fully saturated rings. The topological polar surface area (TPSA) is 51.5 Å². The Balaban J connectivity index is 1.99. The molecule has 114 valence electrons. The van der Waals surface area contributed by atoms with Crippen molar-refractivity contribution in [1.82, 2.24) is 4.57 Å². The lowest BCUT2D eigenvalue weighted by molar-refractivity contribution is 0.0971. The molecule has 1 amide bonds. The fourth-order valence-corrected chi connectivity index (χ4v) is 2.63. The number of carbonyl (C=O) groups is 1. The van der Waals surface area contributed by atoms with Gasteiger partial charge in [-0.15, -0.1) is 0 Å². The van der Waals surface area contributed by atoms with Crippen molar-refractivity contribution < 1.29 is 9.53 Å². The number of ether oxygens (including phenoxy) is 1. The van der Waals surface area contributed by atoms with E-state index in [-0.39, 0.29) is 17.5 Å². The number of anilines is 1. The van der Waals surface area contributed by atoms with E-state index in [0.717, 1.165) is 12.1 Å². The summed E-state index contributed by atoms with van der Waals surface area (Å²) in [6, 6.07) is 12.6. The van der Waals surface area contributed by atoms with Crippen LogP contribution in [0.4, 0.5) is 5.69 Å². The summed E-state index contributed by atoms with van der Waals surface area (Å²) in [6.07, 6.45) is 2.41. The largest absolute Gasteiger partial charge is 0.379 e. The lowest BCUT2D eigenvalue weighted by Gasteiger charge is -2.28. The summed E-state index contributed by atoms with van der Waals surface area (Å²) >= 11 is 0. The van der Waals surface area contributed by atoms with E-state index < -0.39 is 0 Å². The highest BCUT2D eigenvalue weighted by atomic mass is 16.5. The summed E-state index contributed by atoms with van der Waals surface area (Å²) in [7, 11) is 1.66. The molecule has 1 aromatic heterocycles. The van der Waals surface area contributed by atoms with Crippen LogP contribution in [0.5, 0.6) is 0 Å². The summed E-state index contributed by atoms with van der Waals surface area (Å²) in [5.74, 6) is -0.167. The van der Waals surface area contributed by atoms with Gasteiger partial charge in [0.2, 0.25) is 0 Å². The highest BCUT2D eigenvalue weighted by molar-refractivity contribution is 6.06. The van der Waals surface area contributed by atoms with Crippen LogP contribution in [0.15, 0.2) is 53.5 Å². The van der Waals surface area contributed by atoms with Gasteiger partial charge in [0.1, 0.15) is 0 Å². The van der Waals surface area contributed by atoms with Crippen molar-refractivity contribution in [3.8, 4) is 0 Å². The maximum absolute atomic E-state index is 12.9. The number of rotatable bonds is 3. The molecule has 1 atom stereocenters. The molecular weight excluding hydrogens is 280 g/mol. The van der Waals surface area contributed by atoms with Gasteiger partial charge in [-0.2, -0.15) is 0 Å². The van der Waals surface area contributed by atoms with Gasteiger partial charge in [0, 0.05) is 37.2 Å². The number of carbonyl (C=O) groups excluding carboxylic acids is 1. The molecule has 1 saturated heterocycles. The SMILES string of the molecule is Cn1ccc(C(=O)N(c2ccccc2)[C@@H]2CCOC2)cc1=O. The van der Waals surface area contributed by atoms with Crippen LogP contribution in [-0.4, -0.2) is 29.7 Å². The van der Waals surface area contributed by atoms with Gasteiger partial charge < -0.3 is 14.2 Å². The van der Waals surface area contributed by atoms with Gasteiger partial charge in [-0.3, -0.25) is 9.59 Å². The molecule has 2 heterocycles. The standard InChI is InChI=1S/C17H18N2O3/c1-18-9-7-13(11-16(18)20)17(21)19(15-8-10-22-12-15)14-5-3-2-4-6-14/h2-7,9,11,15H,8,10,12H2,1H3/t15-/m1/s1. The van der Waals surface area contributed by atoms with Gasteiger partial charge >= 0.3 is 0 Å². The minimum absolute atomic E-state index is 0.000965. The van der Waals surface area contributed by atoms with Crippen molar-refractivity contribution >= 4 is 11.6 Å². The van der Waals surface area contributed by atoms with E-state index >= 15 is 0 Å². The Bertz CT molecular complexity index is 718. The summed E-state index contributed by atoms with van der Waals surface area (Å²) in [5.41, 5.74) is 1.03. The molecule has 1 aliphatic rings. The monoisotopic (exact) mass is 298 g/mol. The predicted molar refractivity (Wildman–Crippen MR) is 84.2 cm³/mol. The number of aryl methyl sites for hydroxylation is 1. The molecular formula is C17H18N2O3. The third-order valence-electron chi connectivity index (χ3n) is 3.88. The van der Waals surface area contributed by atoms with Crippen LogP contribution >= 0.6 is 0 Å². The molecule has 1 aliphatic heterocycles. The predicted octanol–water partition coefficient (Wildman–Crippen LogP) is 1.82. The van der Waals surface area contributed by atoms with Crippen LogP contribution in [0.3, 0.4) is 0 Å². The second kappa shape index (κ2) is 6.15. The Kier molecular flexibility index (Phi) is 4.06. The van der Waals surface area contributed by atoms with E-state index in [1.165, 1.54) is 10.6 Å². The number of hydrogen-bond acceptors (Lipinski definition) is 3. The third-order valence-corrected chi connectivity index (χ3v) is 3.88. The molecule has 5 heteroatoms. The number of hydrogen-bond donors (Lipinski definition) is 0. The Morgan fingerprint density at radius 2 is 2.05 bits per heavy atom. The lowest BCUT2D eigenvalue weighted by atomic mass is 10.1. The zero-order valence-corrected chi connectivity index (χ0v) is 12.4. The van der Waals surface area contributed by atoms with Crippen LogP contribution in [0.1, 0.15) is 16.8 Å². The summed E-state index contributed by atoms with van der Waals surface area (Å²) in [4.78, 5) is 26.4. The number of amides is 1. The Morgan fingerprint density at radius 3 is 2.68 bits per heavy atom. The fourth-order valence-electron chi connectivity index (χ4n) is 2.63. The number of para-hydroxylation sites is 1. The van der Waals surface area contributed by atoms with E-state index in [1.807, 2.05) is 30.3 Å². The number of pyridine rings is 1. The third kappa shape index (κ3) is 2.80. The molecule has 0 radical (unpaired) electrons. The van der Waals surface area contributed by atoms with E-state index in [0.29, 0.717) is 18.8 Å². The molecule has 2 aromatic rings. The molecule has 22 heavy (non-hydrogen) atoms. The first kappa shape index (κ1) is 14.5. The van der Waals surface area contributed by atoms with Crippen LogP contribution in [0, 0.1) is 0 Å². The number of aromatic nitrogens is 1. The highest BCUT2D eigenvalue weighted by Crippen LogP contribution is 2.23. The van der Waals surface area contributed by atoms with Crippen molar-refractivity contribution in [3.63, 3.8) is 0 Å². The van der Waals surface area contributed by atoms with Crippen molar-refractivity contribution in [2.45, 2.75) is 12.5 Å². The minimum Gasteiger partial charge on any atom is -0.379 e. The smallest absolute Gasteiger partial charge is 0.258 e. The number of nitrogens with zero attached hydrogens (tertiary/aromatic N) is 2. The lowest BCUT2D eigenvalue weighted by Crippen LogP contribution is -2.41. The van der Waals surface area contributed by atoms with Crippen LogP contribution in [-0.2, 0) is 11.8 Å². The summed E-state index contributed by atoms with van der Waals surface area (Å²) in [6.45, 7) is 1.17. The molecule has 0 N–H and O–H groups in total. The average molecular weight is 298 g/mol. The average Bonchev–Trinajstić information content (AvgIpc) is 3.05. The van der Waals surface area contributed by atoms with Crippen molar-refractivity contribution in [2.75, 3.05) is 18.1 Å². The minimum atomic E-state index is -0.193. The maximum Gasteiger partial charge on any atom is 0.258 e. The molecule has 3 rings (SSSR count). The first-order valence-corrected chi connectivity index (χ1v) is 7.30. The molecule has 0 unspecified atom stereocenters. The quantitative estimate of drug-likeness (QED) is 0.868. The normalized spacial score (nSPS) is 17.4. The molecule has 0 bridgehead atoms. The summed E-state index contributed by atoms with van der Waals surface area (Å²) in [5, 5.41) is 0. The number of benzene rings is 1. The second-order valence-corrected chi connectivity index (χ2v) is 5.39. The molecule has 1 aromatic carbocycles.